The van der Waals surface area contributed by atoms with Gasteiger partial charge >= 0.3 is 0 Å². The van der Waals surface area contributed by atoms with Crippen LogP contribution in [0.15, 0.2) is 0 Å². The van der Waals surface area contributed by atoms with Crippen LogP contribution in [-0.4, -0.2) is 29.5 Å². The lowest BCUT2D eigenvalue weighted by Crippen LogP contribution is -2.28. The van der Waals surface area contributed by atoms with Crippen LogP contribution in [-0.2, 0) is 0 Å². The fourth-order valence-electron chi connectivity index (χ4n) is 0.612. The van der Waals surface area contributed by atoms with Gasteiger partial charge in [0.25, 0.3) is 0 Å². The monoisotopic (exact) mass is 227 g/mol. The van der Waals surface area contributed by atoms with Crippen LogP contribution in [0.3, 0.4) is 0 Å². The minimum Gasteiger partial charge on any atom is -0.306 e. The van der Waals surface area contributed by atoms with E-state index in [2.05, 4.69) is 48.5 Å². The molecule has 0 aliphatic carbocycles. The Morgan fingerprint density at radius 3 is 2.00 bits per heavy atom. The minimum atomic E-state index is 0.774. The maximum Gasteiger partial charge on any atom is 0.0176 e. The summed E-state index contributed by atoms with van der Waals surface area (Å²) >= 11 is 2.42. The van der Waals surface area contributed by atoms with Gasteiger partial charge in [0.05, 0.1) is 0 Å². The summed E-state index contributed by atoms with van der Waals surface area (Å²) in [6.07, 6.45) is 1.26. The third-order valence-electron chi connectivity index (χ3n) is 1.38. The Kier molecular flexibility index (Phi) is 4.95. The molecule has 8 heavy (non-hydrogen) atoms. The third kappa shape index (κ3) is 2.87. The Balaban J connectivity index is 3.35. The lowest BCUT2D eigenvalue weighted by molar-refractivity contribution is 0.315. The van der Waals surface area contributed by atoms with Crippen molar-refractivity contribution >= 4 is 22.6 Å². The summed E-state index contributed by atoms with van der Waals surface area (Å²) in [5, 5.41) is 0. The first-order valence-corrected chi connectivity index (χ1v) is 4.47. The second-order valence-electron chi connectivity index (χ2n) is 2.18. The fourth-order valence-corrected chi connectivity index (χ4v) is 2.02. The summed E-state index contributed by atoms with van der Waals surface area (Å²) in [6, 6.07) is 0.774. The molecule has 2 heteroatoms. The lowest BCUT2D eigenvalue weighted by atomic mass is 10.2. The highest BCUT2D eigenvalue weighted by atomic mass is 127. The van der Waals surface area contributed by atoms with Crippen LogP contribution in [0.1, 0.15) is 13.3 Å². The van der Waals surface area contributed by atoms with Crippen LogP contribution in [0.2, 0.25) is 0 Å². The summed E-state index contributed by atoms with van der Waals surface area (Å²) in [5.41, 5.74) is 0. The van der Waals surface area contributed by atoms with Crippen LogP contribution < -0.4 is 0 Å². The fraction of sp³-hybridized carbons (Fsp3) is 1.00. The molecule has 0 saturated heterocycles. The van der Waals surface area contributed by atoms with E-state index in [0.717, 1.165) is 6.04 Å². The molecule has 0 aromatic heterocycles. The van der Waals surface area contributed by atoms with Crippen molar-refractivity contribution in [1.29, 1.82) is 0 Å². The predicted octanol–water partition coefficient (Wildman–Crippen LogP) is 1.76. The summed E-state index contributed by atoms with van der Waals surface area (Å²) < 4.78 is 1.24. The first kappa shape index (κ1) is 8.69. The van der Waals surface area contributed by atoms with Crippen molar-refractivity contribution in [2.24, 2.45) is 0 Å². The normalized spacial score (nSPS) is 14.6. The van der Waals surface area contributed by atoms with E-state index in [1.165, 1.54) is 10.8 Å². The molecule has 0 N–H and O–H groups in total. The molecule has 0 radical (unpaired) electrons. The van der Waals surface area contributed by atoms with Gasteiger partial charge in [-0.25, -0.2) is 0 Å². The van der Waals surface area contributed by atoms with Crippen LogP contribution in [0.5, 0.6) is 0 Å². The van der Waals surface area contributed by atoms with Crippen LogP contribution in [0.25, 0.3) is 0 Å². The van der Waals surface area contributed by atoms with E-state index >= 15 is 0 Å². The molecule has 0 bridgehead atoms. The zero-order valence-electron chi connectivity index (χ0n) is 5.82. The average Bonchev–Trinajstić information content (AvgIpc) is 1.69. The van der Waals surface area contributed by atoms with Crippen LogP contribution in [0.4, 0.5) is 0 Å². The Hall–Kier alpha value is 0.690. The molecular formula is C6H14IN. The number of hydrogen-bond donors (Lipinski definition) is 0. The summed E-state index contributed by atoms with van der Waals surface area (Å²) in [6.45, 7) is 2.23. The Morgan fingerprint density at radius 1 is 1.50 bits per heavy atom. The highest BCUT2D eigenvalue weighted by molar-refractivity contribution is 14.1. The van der Waals surface area contributed by atoms with E-state index in [1.54, 1.807) is 0 Å². The van der Waals surface area contributed by atoms with Crippen molar-refractivity contribution in [3.63, 3.8) is 0 Å². The van der Waals surface area contributed by atoms with Gasteiger partial charge in [-0.2, -0.15) is 0 Å². The number of halogens is 1. The topological polar surface area (TPSA) is 3.24 Å². The predicted molar refractivity (Wildman–Crippen MR) is 46.7 cm³/mol. The highest BCUT2D eigenvalue weighted by Crippen LogP contribution is 2.01. The summed E-state index contributed by atoms with van der Waals surface area (Å²) in [4.78, 5) is 2.27. The van der Waals surface area contributed by atoms with E-state index in [4.69, 9.17) is 0 Å². The van der Waals surface area contributed by atoms with Gasteiger partial charge in [0.1, 0.15) is 0 Å². The number of alkyl halides is 1. The molecule has 50 valence electrons. The summed E-state index contributed by atoms with van der Waals surface area (Å²) in [7, 11) is 4.26. The smallest absolute Gasteiger partial charge is 0.0176 e. The van der Waals surface area contributed by atoms with E-state index < -0.39 is 0 Å². The van der Waals surface area contributed by atoms with Gasteiger partial charge in [0.15, 0.2) is 0 Å². The molecular weight excluding hydrogens is 213 g/mol. The maximum absolute atomic E-state index is 2.42. The molecule has 0 fully saturated rings. The standard InChI is InChI=1S/C6H14IN/c1-4-6(5-7)8(2)3/h6H,4-5H2,1-3H3. The Morgan fingerprint density at radius 2 is 2.00 bits per heavy atom. The molecule has 0 rings (SSSR count). The molecule has 1 nitrogen and oxygen atoms in total. The third-order valence-corrected chi connectivity index (χ3v) is 2.40. The number of nitrogens with zero attached hydrogens (tertiary/aromatic N) is 1. The van der Waals surface area contributed by atoms with Gasteiger partial charge in [-0.05, 0) is 20.5 Å². The van der Waals surface area contributed by atoms with Crippen molar-refractivity contribution in [2.75, 3.05) is 18.5 Å². The first-order chi connectivity index (χ1) is 3.72. The van der Waals surface area contributed by atoms with E-state index in [0.29, 0.717) is 0 Å². The average molecular weight is 227 g/mol. The largest absolute Gasteiger partial charge is 0.306 e. The Labute approximate surface area is 65.6 Å². The van der Waals surface area contributed by atoms with Crippen molar-refractivity contribution in [3.8, 4) is 0 Å². The minimum absolute atomic E-state index is 0.774. The molecule has 0 amide bonds. The lowest BCUT2D eigenvalue weighted by Gasteiger charge is -2.19. The SMILES string of the molecule is CCC(CI)N(C)C. The zero-order chi connectivity index (χ0) is 6.57. The molecule has 0 aromatic carbocycles. The van der Waals surface area contributed by atoms with Crippen molar-refractivity contribution in [3.05, 3.63) is 0 Å². The zero-order valence-corrected chi connectivity index (χ0v) is 7.97. The van der Waals surface area contributed by atoms with Gasteiger partial charge in [0, 0.05) is 10.5 Å². The Bertz CT molecular complexity index is 50.5. The molecule has 0 spiro atoms. The molecule has 0 heterocycles. The van der Waals surface area contributed by atoms with Crippen LogP contribution >= 0.6 is 22.6 Å². The second kappa shape index (κ2) is 4.56. The van der Waals surface area contributed by atoms with Gasteiger partial charge in [-0.1, -0.05) is 29.5 Å². The van der Waals surface area contributed by atoms with Gasteiger partial charge < -0.3 is 4.90 Å². The van der Waals surface area contributed by atoms with Gasteiger partial charge in [0.2, 0.25) is 0 Å². The number of rotatable bonds is 3. The molecule has 1 atom stereocenters. The van der Waals surface area contributed by atoms with E-state index in [9.17, 15) is 0 Å². The van der Waals surface area contributed by atoms with Crippen molar-refractivity contribution in [1.82, 2.24) is 4.90 Å². The molecule has 0 aliphatic heterocycles. The molecule has 0 saturated carbocycles. The molecule has 0 aliphatic rings. The quantitative estimate of drug-likeness (QED) is 0.524. The van der Waals surface area contributed by atoms with Crippen LogP contribution in [0, 0.1) is 0 Å². The molecule has 0 aromatic rings. The van der Waals surface area contributed by atoms with Gasteiger partial charge in [-0.3, -0.25) is 0 Å². The van der Waals surface area contributed by atoms with E-state index in [-0.39, 0.29) is 0 Å². The summed E-state index contributed by atoms with van der Waals surface area (Å²) in [5.74, 6) is 0. The second-order valence-corrected chi connectivity index (χ2v) is 3.06. The van der Waals surface area contributed by atoms with Crippen molar-refractivity contribution in [2.45, 2.75) is 19.4 Å². The van der Waals surface area contributed by atoms with Gasteiger partial charge in [-0.15, -0.1) is 0 Å². The first-order valence-electron chi connectivity index (χ1n) is 2.94. The number of hydrogen-bond acceptors (Lipinski definition) is 1. The molecule has 1 unspecified atom stereocenters. The maximum atomic E-state index is 2.42. The highest BCUT2D eigenvalue weighted by Gasteiger charge is 2.03. The van der Waals surface area contributed by atoms with E-state index in [1.807, 2.05) is 0 Å². The van der Waals surface area contributed by atoms with Crippen molar-refractivity contribution < 1.29 is 0 Å².